The number of nitrogens with zero attached hydrogens (tertiary/aromatic N) is 2. The van der Waals surface area contributed by atoms with Crippen molar-refractivity contribution in [2.75, 3.05) is 66.3 Å². The summed E-state index contributed by atoms with van der Waals surface area (Å²) in [6.45, 7) is 9.25. The van der Waals surface area contributed by atoms with Gasteiger partial charge in [0.15, 0.2) is 5.96 Å². The lowest BCUT2D eigenvalue weighted by atomic mass is 9.74. The third kappa shape index (κ3) is 7.45. The molecular weight excluding hydrogens is 529 g/mol. The van der Waals surface area contributed by atoms with Crippen LogP contribution in [0.3, 0.4) is 0 Å². The maximum atomic E-state index is 6.60. The minimum absolute atomic E-state index is 0. The Morgan fingerprint density at radius 2 is 2.06 bits per heavy atom. The maximum absolute atomic E-state index is 6.60. The van der Waals surface area contributed by atoms with Gasteiger partial charge >= 0.3 is 0 Å². The van der Waals surface area contributed by atoms with Crippen molar-refractivity contribution in [2.24, 2.45) is 10.9 Å². The summed E-state index contributed by atoms with van der Waals surface area (Å²) in [5, 5.41) is 4.32. The second-order valence-corrected chi connectivity index (χ2v) is 8.62. The van der Waals surface area contributed by atoms with Gasteiger partial charge < -0.3 is 24.4 Å². The number of methoxy groups -OCH3 is 1. The molecule has 31 heavy (non-hydrogen) atoms. The summed E-state index contributed by atoms with van der Waals surface area (Å²) in [5.41, 5.74) is 1.13. The number of aliphatic imine (C=N–C) groups is 1. The van der Waals surface area contributed by atoms with Gasteiger partial charge in [0.2, 0.25) is 0 Å². The molecule has 0 amide bonds. The van der Waals surface area contributed by atoms with Crippen LogP contribution in [0, 0.1) is 5.92 Å². The van der Waals surface area contributed by atoms with Crippen molar-refractivity contribution < 1.29 is 14.2 Å². The standard InChI is InChI=1S/C23H36ClN3O3.HI/c1-3-25-22(27-11-8-19(16-27)17-30-15-14-28-2)26-18-23(9-12-29-13-10-23)20-6-4-5-7-21(20)24;/h4-7,19H,3,8-18H2,1-2H3,(H,25,26);1H. The van der Waals surface area contributed by atoms with E-state index in [2.05, 4.69) is 29.3 Å². The van der Waals surface area contributed by atoms with Gasteiger partial charge in [-0.2, -0.15) is 0 Å². The highest BCUT2D eigenvalue weighted by atomic mass is 127. The van der Waals surface area contributed by atoms with Crippen LogP contribution in [0.5, 0.6) is 0 Å². The van der Waals surface area contributed by atoms with E-state index in [1.807, 2.05) is 12.1 Å². The number of likely N-dealkylation sites (tertiary alicyclic amines) is 1. The molecule has 0 saturated carbocycles. The lowest BCUT2D eigenvalue weighted by molar-refractivity contribution is 0.0527. The number of benzene rings is 1. The van der Waals surface area contributed by atoms with Crippen LogP contribution in [0.4, 0.5) is 0 Å². The second-order valence-electron chi connectivity index (χ2n) is 8.21. The Hall–Kier alpha value is -0.610. The van der Waals surface area contributed by atoms with Gasteiger partial charge in [0.05, 0.1) is 26.4 Å². The molecule has 0 spiro atoms. The Morgan fingerprint density at radius 3 is 2.77 bits per heavy atom. The van der Waals surface area contributed by atoms with E-state index < -0.39 is 0 Å². The van der Waals surface area contributed by atoms with Gasteiger partial charge in [0.1, 0.15) is 0 Å². The van der Waals surface area contributed by atoms with Crippen LogP contribution in [0.1, 0.15) is 31.7 Å². The maximum Gasteiger partial charge on any atom is 0.193 e. The molecule has 0 radical (unpaired) electrons. The smallest absolute Gasteiger partial charge is 0.193 e. The molecule has 8 heteroatoms. The van der Waals surface area contributed by atoms with E-state index in [-0.39, 0.29) is 29.4 Å². The van der Waals surface area contributed by atoms with Crippen molar-refractivity contribution in [1.82, 2.24) is 10.2 Å². The molecule has 2 heterocycles. The second kappa shape index (κ2) is 13.8. The third-order valence-corrected chi connectivity index (χ3v) is 6.46. The first-order chi connectivity index (χ1) is 14.7. The highest BCUT2D eigenvalue weighted by Gasteiger charge is 2.36. The molecule has 1 N–H and O–H groups in total. The van der Waals surface area contributed by atoms with Gasteiger partial charge in [-0.05, 0) is 37.8 Å². The van der Waals surface area contributed by atoms with E-state index in [1.165, 1.54) is 5.56 Å². The summed E-state index contributed by atoms with van der Waals surface area (Å²) >= 11 is 6.60. The zero-order valence-electron chi connectivity index (χ0n) is 18.8. The summed E-state index contributed by atoms with van der Waals surface area (Å²) in [6, 6.07) is 8.20. The van der Waals surface area contributed by atoms with Gasteiger partial charge in [-0.3, -0.25) is 4.99 Å². The zero-order valence-corrected chi connectivity index (χ0v) is 21.9. The SMILES string of the molecule is CCNC(=NCC1(c2ccccc2Cl)CCOCC1)N1CCC(COCCOC)C1.I. The molecular formula is C23H37ClIN3O3. The first-order valence-electron chi connectivity index (χ1n) is 11.1. The first-order valence-corrected chi connectivity index (χ1v) is 11.5. The summed E-state index contributed by atoms with van der Waals surface area (Å²) in [4.78, 5) is 7.48. The van der Waals surface area contributed by atoms with Crippen LogP contribution in [0.25, 0.3) is 0 Å². The fraction of sp³-hybridized carbons (Fsp3) is 0.696. The predicted octanol–water partition coefficient (Wildman–Crippen LogP) is 3.96. The monoisotopic (exact) mass is 565 g/mol. The Labute approximate surface area is 209 Å². The molecule has 2 fully saturated rings. The van der Waals surface area contributed by atoms with Crippen molar-refractivity contribution in [3.63, 3.8) is 0 Å². The molecule has 2 aliphatic rings. The van der Waals surface area contributed by atoms with Crippen LogP contribution in [0.15, 0.2) is 29.3 Å². The van der Waals surface area contributed by atoms with E-state index in [0.717, 1.165) is 69.7 Å². The van der Waals surface area contributed by atoms with Gasteiger partial charge in [-0.1, -0.05) is 29.8 Å². The summed E-state index contributed by atoms with van der Waals surface area (Å²) in [6.07, 6.45) is 3.01. The summed E-state index contributed by atoms with van der Waals surface area (Å²) < 4.78 is 16.5. The number of hydrogen-bond acceptors (Lipinski definition) is 4. The highest BCUT2D eigenvalue weighted by Crippen LogP contribution is 2.39. The summed E-state index contributed by atoms with van der Waals surface area (Å²) in [7, 11) is 1.70. The fourth-order valence-electron chi connectivity index (χ4n) is 4.37. The lowest BCUT2D eigenvalue weighted by Gasteiger charge is -2.37. The molecule has 2 aliphatic heterocycles. The quantitative estimate of drug-likeness (QED) is 0.213. The van der Waals surface area contributed by atoms with Gasteiger partial charge in [-0.25, -0.2) is 0 Å². The van der Waals surface area contributed by atoms with Gasteiger partial charge in [0.25, 0.3) is 0 Å². The number of guanidine groups is 1. The summed E-state index contributed by atoms with van der Waals surface area (Å²) in [5.74, 6) is 1.53. The number of rotatable bonds is 9. The normalized spacial score (nSPS) is 21.1. The Kier molecular flexibility index (Phi) is 11.9. The van der Waals surface area contributed by atoms with Crippen molar-refractivity contribution in [1.29, 1.82) is 0 Å². The molecule has 1 atom stereocenters. The number of halogens is 2. The molecule has 0 aliphatic carbocycles. The van der Waals surface area contributed by atoms with Gasteiger partial charge in [-0.15, -0.1) is 24.0 Å². The van der Waals surface area contributed by atoms with E-state index in [0.29, 0.717) is 25.7 Å². The van der Waals surface area contributed by atoms with E-state index >= 15 is 0 Å². The molecule has 1 aromatic carbocycles. The highest BCUT2D eigenvalue weighted by molar-refractivity contribution is 14.0. The van der Waals surface area contributed by atoms with Crippen LogP contribution >= 0.6 is 35.6 Å². The molecule has 1 aromatic rings. The van der Waals surface area contributed by atoms with Crippen LogP contribution in [-0.2, 0) is 19.6 Å². The van der Waals surface area contributed by atoms with Crippen LogP contribution in [0.2, 0.25) is 5.02 Å². The van der Waals surface area contributed by atoms with E-state index in [9.17, 15) is 0 Å². The lowest BCUT2D eigenvalue weighted by Crippen LogP contribution is -2.43. The Balaban J connectivity index is 0.00000341. The van der Waals surface area contributed by atoms with Crippen molar-refractivity contribution in [3.05, 3.63) is 34.9 Å². The first kappa shape index (κ1) is 26.6. The predicted molar refractivity (Wildman–Crippen MR) is 137 cm³/mol. The third-order valence-electron chi connectivity index (χ3n) is 6.13. The number of hydrogen-bond donors (Lipinski definition) is 1. The fourth-order valence-corrected chi connectivity index (χ4v) is 4.71. The van der Waals surface area contributed by atoms with Crippen molar-refractivity contribution in [3.8, 4) is 0 Å². The molecule has 2 saturated heterocycles. The molecule has 176 valence electrons. The molecule has 1 unspecified atom stereocenters. The Bertz CT molecular complexity index is 686. The number of ether oxygens (including phenoxy) is 3. The van der Waals surface area contributed by atoms with E-state index in [4.69, 9.17) is 30.8 Å². The van der Waals surface area contributed by atoms with E-state index in [1.54, 1.807) is 7.11 Å². The Morgan fingerprint density at radius 1 is 1.29 bits per heavy atom. The molecule has 6 nitrogen and oxygen atoms in total. The minimum atomic E-state index is -0.0698. The van der Waals surface area contributed by atoms with Crippen molar-refractivity contribution in [2.45, 2.75) is 31.6 Å². The zero-order chi connectivity index (χ0) is 21.2. The van der Waals surface area contributed by atoms with Crippen LogP contribution in [-0.4, -0.2) is 77.2 Å². The molecule has 0 bridgehead atoms. The average molecular weight is 566 g/mol. The average Bonchev–Trinajstić information content (AvgIpc) is 3.24. The number of nitrogens with one attached hydrogen (secondary N) is 1. The minimum Gasteiger partial charge on any atom is -0.382 e. The largest absolute Gasteiger partial charge is 0.382 e. The molecule has 3 rings (SSSR count). The van der Waals surface area contributed by atoms with Crippen LogP contribution < -0.4 is 5.32 Å². The molecule has 0 aromatic heterocycles. The van der Waals surface area contributed by atoms with Gasteiger partial charge in [0, 0.05) is 56.3 Å². The topological polar surface area (TPSA) is 55.3 Å². The van der Waals surface area contributed by atoms with Crippen molar-refractivity contribution >= 4 is 41.5 Å².